The summed E-state index contributed by atoms with van der Waals surface area (Å²) in [5.41, 5.74) is 1.53. The summed E-state index contributed by atoms with van der Waals surface area (Å²) in [5.74, 6) is -3.87. The first-order valence-electron chi connectivity index (χ1n) is 9.65. The third-order valence-corrected chi connectivity index (χ3v) is 5.05. The lowest BCUT2D eigenvalue weighted by molar-refractivity contribution is -0.119. The fraction of sp³-hybridized carbons (Fsp3) is 0.318. The minimum Gasteiger partial charge on any atom is -0.340 e. The van der Waals surface area contributed by atoms with Crippen molar-refractivity contribution in [1.82, 2.24) is 5.32 Å². The number of hydrogen-bond donors (Lipinski definition) is 2. The Bertz CT molecular complexity index is 987. The van der Waals surface area contributed by atoms with Crippen LogP contribution in [0.5, 0.6) is 0 Å². The summed E-state index contributed by atoms with van der Waals surface area (Å²) < 4.78 is 27.8. The quantitative estimate of drug-likeness (QED) is 0.787. The number of amides is 3. The summed E-state index contributed by atoms with van der Waals surface area (Å²) in [6.07, 6.45) is 0.676. The van der Waals surface area contributed by atoms with Crippen molar-refractivity contribution in [2.75, 3.05) is 16.8 Å². The maximum absolute atomic E-state index is 13.9. The van der Waals surface area contributed by atoms with Gasteiger partial charge in [-0.05, 0) is 48.2 Å². The number of carbonyl (C=O) groups is 3. The van der Waals surface area contributed by atoms with Crippen LogP contribution in [0.4, 0.5) is 20.2 Å². The largest absolute Gasteiger partial charge is 0.340 e. The average Bonchev–Trinajstić information content (AvgIpc) is 3.09. The summed E-state index contributed by atoms with van der Waals surface area (Å²) in [5, 5.41) is 5.16. The highest BCUT2D eigenvalue weighted by molar-refractivity contribution is 6.02. The number of nitrogens with one attached hydrogen (secondary N) is 2. The van der Waals surface area contributed by atoms with Crippen LogP contribution in [0.1, 0.15) is 36.7 Å². The number of carbonyl (C=O) groups excluding carboxylic acids is 3. The molecule has 1 aliphatic heterocycles. The lowest BCUT2D eigenvalue weighted by atomic mass is 10.0. The number of fused-ring (bicyclic) bond motifs is 1. The fourth-order valence-corrected chi connectivity index (χ4v) is 3.49. The second kappa shape index (κ2) is 8.61. The Kier molecular flexibility index (Phi) is 6.14. The van der Waals surface area contributed by atoms with Crippen molar-refractivity contribution in [2.24, 2.45) is 5.92 Å². The maximum Gasteiger partial charge on any atom is 0.257 e. The molecule has 0 saturated heterocycles. The van der Waals surface area contributed by atoms with E-state index in [-0.39, 0.29) is 11.8 Å². The number of hydrogen-bond acceptors (Lipinski definition) is 3. The summed E-state index contributed by atoms with van der Waals surface area (Å²) >= 11 is 0. The predicted octanol–water partition coefficient (Wildman–Crippen LogP) is 3.27. The first kappa shape index (κ1) is 21.4. The fourth-order valence-electron chi connectivity index (χ4n) is 3.49. The van der Waals surface area contributed by atoms with Crippen LogP contribution in [-0.2, 0) is 16.0 Å². The van der Waals surface area contributed by atoms with Crippen LogP contribution in [0.3, 0.4) is 0 Å². The number of halogens is 2. The molecule has 3 amide bonds. The first-order chi connectivity index (χ1) is 14.2. The summed E-state index contributed by atoms with van der Waals surface area (Å²) in [6.45, 7) is 5.52. The smallest absolute Gasteiger partial charge is 0.257 e. The Morgan fingerprint density at radius 3 is 2.33 bits per heavy atom. The van der Waals surface area contributed by atoms with E-state index in [1.54, 1.807) is 36.9 Å². The van der Waals surface area contributed by atoms with Gasteiger partial charge in [-0.3, -0.25) is 14.4 Å². The van der Waals surface area contributed by atoms with Crippen molar-refractivity contribution in [1.29, 1.82) is 0 Å². The van der Waals surface area contributed by atoms with Gasteiger partial charge in [0.05, 0.1) is 0 Å². The van der Waals surface area contributed by atoms with E-state index in [1.165, 1.54) is 6.92 Å². The molecular formula is C22H23F2N3O3. The molecule has 8 heteroatoms. The van der Waals surface area contributed by atoms with Crippen molar-refractivity contribution in [3.63, 3.8) is 0 Å². The van der Waals surface area contributed by atoms with Crippen LogP contribution in [0.15, 0.2) is 36.4 Å². The Morgan fingerprint density at radius 2 is 1.73 bits per heavy atom. The molecule has 0 aliphatic carbocycles. The topological polar surface area (TPSA) is 78.5 Å². The molecule has 1 aliphatic rings. The predicted molar refractivity (Wildman–Crippen MR) is 109 cm³/mol. The Balaban J connectivity index is 1.75. The molecule has 2 N–H and O–H groups in total. The normalized spacial score (nSPS) is 13.7. The molecule has 0 spiro atoms. The monoisotopic (exact) mass is 415 g/mol. The summed E-state index contributed by atoms with van der Waals surface area (Å²) in [6, 6.07) is 7.35. The Labute approximate surface area is 173 Å². The molecule has 158 valence electrons. The van der Waals surface area contributed by atoms with E-state index in [2.05, 4.69) is 10.6 Å². The van der Waals surface area contributed by atoms with Crippen LogP contribution in [-0.4, -0.2) is 30.3 Å². The van der Waals surface area contributed by atoms with Crippen molar-refractivity contribution in [3.05, 3.63) is 59.2 Å². The van der Waals surface area contributed by atoms with Gasteiger partial charge in [-0.25, -0.2) is 8.78 Å². The minimum atomic E-state index is -1.00. The van der Waals surface area contributed by atoms with Crippen LogP contribution in [0, 0.1) is 17.6 Å². The zero-order valence-corrected chi connectivity index (χ0v) is 17.0. The average molecular weight is 415 g/mol. The lowest BCUT2D eigenvalue weighted by Crippen LogP contribution is -2.47. The molecule has 1 heterocycles. The van der Waals surface area contributed by atoms with Crippen LogP contribution < -0.4 is 15.5 Å². The zero-order valence-electron chi connectivity index (χ0n) is 17.0. The molecule has 0 aromatic heterocycles. The van der Waals surface area contributed by atoms with Crippen molar-refractivity contribution < 1.29 is 23.2 Å². The second-order valence-electron chi connectivity index (χ2n) is 7.55. The molecule has 2 aromatic rings. The highest BCUT2D eigenvalue weighted by Gasteiger charge is 2.28. The van der Waals surface area contributed by atoms with E-state index in [1.807, 2.05) is 0 Å². The highest BCUT2D eigenvalue weighted by atomic mass is 19.1. The van der Waals surface area contributed by atoms with E-state index >= 15 is 0 Å². The number of rotatable bonds is 5. The molecule has 6 nitrogen and oxygen atoms in total. The van der Waals surface area contributed by atoms with Gasteiger partial charge >= 0.3 is 0 Å². The van der Waals surface area contributed by atoms with Gasteiger partial charge in [-0.2, -0.15) is 0 Å². The Morgan fingerprint density at radius 1 is 1.07 bits per heavy atom. The van der Waals surface area contributed by atoms with Gasteiger partial charge < -0.3 is 15.5 Å². The number of benzene rings is 2. The standard InChI is InChI=1S/C22H23F2N3O3/c1-12(2)20(26-21(29)19-16(23)5-4-6-17(19)24)22(30)25-15-7-8-18-14(11-15)9-10-27(18)13(3)28/h4-8,11-12,20H,9-10H2,1-3H3,(H,25,30)(H,26,29). The first-order valence-corrected chi connectivity index (χ1v) is 9.65. The van der Waals surface area contributed by atoms with Gasteiger partial charge in [0.1, 0.15) is 23.2 Å². The number of anilines is 2. The van der Waals surface area contributed by atoms with Gasteiger partial charge in [-0.1, -0.05) is 19.9 Å². The van der Waals surface area contributed by atoms with Crippen LogP contribution in [0.2, 0.25) is 0 Å². The van der Waals surface area contributed by atoms with Crippen LogP contribution in [0.25, 0.3) is 0 Å². The highest BCUT2D eigenvalue weighted by Crippen LogP contribution is 2.30. The molecule has 0 fully saturated rings. The molecule has 1 atom stereocenters. The molecule has 30 heavy (non-hydrogen) atoms. The van der Waals surface area contributed by atoms with Gasteiger partial charge in [0.2, 0.25) is 11.8 Å². The molecule has 3 rings (SSSR count). The van der Waals surface area contributed by atoms with Crippen LogP contribution >= 0.6 is 0 Å². The van der Waals surface area contributed by atoms with E-state index in [9.17, 15) is 23.2 Å². The second-order valence-corrected chi connectivity index (χ2v) is 7.55. The molecule has 0 radical (unpaired) electrons. The van der Waals surface area contributed by atoms with E-state index in [4.69, 9.17) is 0 Å². The van der Waals surface area contributed by atoms with E-state index in [0.29, 0.717) is 18.7 Å². The molecule has 1 unspecified atom stereocenters. The van der Waals surface area contributed by atoms with Crippen molar-refractivity contribution in [2.45, 2.75) is 33.2 Å². The molecule has 2 aromatic carbocycles. The SMILES string of the molecule is CC(=O)N1CCc2cc(NC(=O)C(NC(=O)c3c(F)cccc3F)C(C)C)ccc21. The zero-order chi connectivity index (χ0) is 22.0. The molecular weight excluding hydrogens is 392 g/mol. The Hall–Kier alpha value is -3.29. The van der Waals surface area contributed by atoms with Gasteiger partial charge in [-0.15, -0.1) is 0 Å². The number of nitrogens with zero attached hydrogens (tertiary/aromatic N) is 1. The van der Waals surface area contributed by atoms with E-state index < -0.39 is 35.1 Å². The van der Waals surface area contributed by atoms with Crippen molar-refractivity contribution >= 4 is 29.1 Å². The van der Waals surface area contributed by atoms with E-state index in [0.717, 1.165) is 29.4 Å². The third-order valence-electron chi connectivity index (χ3n) is 5.05. The molecule has 0 bridgehead atoms. The maximum atomic E-state index is 13.9. The molecule has 0 saturated carbocycles. The summed E-state index contributed by atoms with van der Waals surface area (Å²) in [4.78, 5) is 38.5. The summed E-state index contributed by atoms with van der Waals surface area (Å²) in [7, 11) is 0. The van der Waals surface area contributed by atoms with Crippen molar-refractivity contribution in [3.8, 4) is 0 Å². The lowest BCUT2D eigenvalue weighted by Gasteiger charge is -2.22. The third kappa shape index (κ3) is 4.32. The van der Waals surface area contributed by atoms with Gasteiger partial charge in [0, 0.05) is 24.8 Å². The minimum absolute atomic E-state index is 0.0477. The van der Waals surface area contributed by atoms with Gasteiger partial charge in [0.15, 0.2) is 0 Å². The van der Waals surface area contributed by atoms with Gasteiger partial charge in [0.25, 0.3) is 5.91 Å².